The van der Waals surface area contributed by atoms with E-state index in [9.17, 15) is 0 Å². The van der Waals surface area contributed by atoms with E-state index in [4.69, 9.17) is 17.3 Å². The lowest BCUT2D eigenvalue weighted by Gasteiger charge is -2.02. The second kappa shape index (κ2) is 3.19. The van der Waals surface area contributed by atoms with Gasteiger partial charge in [0.25, 0.3) is 0 Å². The lowest BCUT2D eigenvalue weighted by Crippen LogP contribution is -1.85. The predicted molar refractivity (Wildman–Crippen MR) is 54.7 cm³/mol. The molecule has 1 nitrogen and oxygen atoms in total. The molecule has 0 aliphatic heterocycles. The Labute approximate surface area is 81.3 Å². The number of hydrogen-bond acceptors (Lipinski definition) is 2. The molecule has 64 valence electrons. The van der Waals surface area contributed by atoms with Gasteiger partial charge < -0.3 is 5.73 Å². The third kappa shape index (κ3) is 1.87. The Morgan fingerprint density at radius 1 is 1.42 bits per heavy atom. The largest absolute Gasteiger partial charge is 0.399 e. The molecule has 1 aromatic carbocycles. The summed E-state index contributed by atoms with van der Waals surface area (Å²) in [4.78, 5) is 1.12. The molecule has 1 saturated carbocycles. The number of hydrogen-bond donors (Lipinski definition) is 1. The Kier molecular flexibility index (Phi) is 2.20. The number of thioether (sulfide) groups is 1. The van der Waals surface area contributed by atoms with Crippen LogP contribution in [-0.2, 0) is 0 Å². The van der Waals surface area contributed by atoms with Crippen molar-refractivity contribution in [3.63, 3.8) is 0 Å². The highest BCUT2D eigenvalue weighted by molar-refractivity contribution is 8.00. The predicted octanol–water partition coefficient (Wildman–Crippen LogP) is 3.18. The first-order valence-corrected chi connectivity index (χ1v) is 5.23. The molecule has 2 N–H and O–H groups in total. The van der Waals surface area contributed by atoms with Gasteiger partial charge in [-0.25, -0.2) is 0 Å². The second-order valence-corrected chi connectivity index (χ2v) is 4.76. The van der Waals surface area contributed by atoms with Crippen molar-refractivity contribution in [2.45, 2.75) is 23.0 Å². The van der Waals surface area contributed by atoms with Crippen LogP contribution in [0.4, 0.5) is 5.69 Å². The van der Waals surface area contributed by atoms with Crippen LogP contribution in [0.1, 0.15) is 12.8 Å². The van der Waals surface area contributed by atoms with Gasteiger partial charge in [-0.2, -0.15) is 0 Å². The van der Waals surface area contributed by atoms with E-state index in [-0.39, 0.29) is 0 Å². The molecule has 0 saturated heterocycles. The van der Waals surface area contributed by atoms with Crippen molar-refractivity contribution in [1.82, 2.24) is 0 Å². The number of anilines is 1. The zero-order chi connectivity index (χ0) is 8.55. The Morgan fingerprint density at radius 3 is 2.83 bits per heavy atom. The van der Waals surface area contributed by atoms with Crippen LogP contribution in [0.5, 0.6) is 0 Å². The highest BCUT2D eigenvalue weighted by Crippen LogP contribution is 2.42. The van der Waals surface area contributed by atoms with Gasteiger partial charge in [-0.3, -0.25) is 0 Å². The van der Waals surface area contributed by atoms with Gasteiger partial charge in [0.2, 0.25) is 0 Å². The lowest BCUT2D eigenvalue weighted by molar-refractivity contribution is 1.42. The van der Waals surface area contributed by atoms with Gasteiger partial charge >= 0.3 is 0 Å². The Hall–Kier alpha value is -0.340. The SMILES string of the molecule is Nc1ccc(Cl)c(SC2CC2)c1. The zero-order valence-corrected chi connectivity index (χ0v) is 8.16. The maximum absolute atomic E-state index is 5.99. The average molecular weight is 200 g/mol. The highest BCUT2D eigenvalue weighted by Gasteiger charge is 2.23. The van der Waals surface area contributed by atoms with E-state index >= 15 is 0 Å². The fraction of sp³-hybridized carbons (Fsp3) is 0.333. The van der Waals surface area contributed by atoms with Crippen molar-refractivity contribution >= 4 is 29.1 Å². The summed E-state index contributed by atoms with van der Waals surface area (Å²) >= 11 is 7.83. The molecule has 1 aliphatic carbocycles. The van der Waals surface area contributed by atoms with Crippen LogP contribution in [0, 0.1) is 0 Å². The molecule has 0 aromatic heterocycles. The Bertz CT molecular complexity index is 297. The van der Waals surface area contributed by atoms with Crippen LogP contribution < -0.4 is 5.73 Å². The van der Waals surface area contributed by atoms with Gasteiger partial charge in [-0.15, -0.1) is 11.8 Å². The van der Waals surface area contributed by atoms with Gasteiger partial charge in [0.15, 0.2) is 0 Å². The van der Waals surface area contributed by atoms with Crippen molar-refractivity contribution in [2.75, 3.05) is 5.73 Å². The minimum Gasteiger partial charge on any atom is -0.399 e. The van der Waals surface area contributed by atoms with Crippen LogP contribution >= 0.6 is 23.4 Å². The summed E-state index contributed by atoms with van der Waals surface area (Å²) in [5.41, 5.74) is 6.45. The third-order valence-electron chi connectivity index (χ3n) is 1.77. The van der Waals surface area contributed by atoms with Gasteiger partial charge in [0.05, 0.1) is 5.02 Å². The second-order valence-electron chi connectivity index (χ2n) is 3.01. The molecule has 12 heavy (non-hydrogen) atoms. The standard InChI is InChI=1S/C9H10ClNS/c10-8-4-1-6(11)5-9(8)12-7-2-3-7/h1,4-5,7H,2-3,11H2. The van der Waals surface area contributed by atoms with Crippen molar-refractivity contribution in [3.05, 3.63) is 23.2 Å². The van der Waals surface area contributed by atoms with Crippen molar-refractivity contribution in [2.24, 2.45) is 0 Å². The van der Waals surface area contributed by atoms with E-state index in [1.807, 2.05) is 30.0 Å². The molecule has 2 rings (SSSR count). The van der Waals surface area contributed by atoms with Crippen LogP contribution in [-0.4, -0.2) is 5.25 Å². The van der Waals surface area contributed by atoms with E-state index in [1.165, 1.54) is 12.8 Å². The Morgan fingerprint density at radius 2 is 2.17 bits per heavy atom. The van der Waals surface area contributed by atoms with Gasteiger partial charge in [-0.1, -0.05) is 11.6 Å². The monoisotopic (exact) mass is 199 g/mol. The summed E-state index contributed by atoms with van der Waals surface area (Å²) in [6.07, 6.45) is 2.63. The molecule has 1 aromatic rings. The van der Waals surface area contributed by atoms with Crippen LogP contribution in [0.3, 0.4) is 0 Å². The van der Waals surface area contributed by atoms with Crippen molar-refractivity contribution < 1.29 is 0 Å². The maximum atomic E-state index is 5.99. The third-order valence-corrected chi connectivity index (χ3v) is 3.61. The van der Waals surface area contributed by atoms with Gasteiger partial charge in [-0.05, 0) is 31.0 Å². The molecule has 3 heteroatoms. The van der Waals surface area contributed by atoms with E-state index in [0.717, 1.165) is 20.9 Å². The van der Waals surface area contributed by atoms with E-state index in [0.29, 0.717) is 0 Å². The molecule has 0 atom stereocenters. The first kappa shape index (κ1) is 8.27. The van der Waals surface area contributed by atoms with Gasteiger partial charge in [0, 0.05) is 15.8 Å². The maximum Gasteiger partial charge on any atom is 0.0543 e. The van der Waals surface area contributed by atoms with E-state index in [1.54, 1.807) is 0 Å². The molecule has 0 radical (unpaired) electrons. The summed E-state index contributed by atoms with van der Waals surface area (Å²) in [6, 6.07) is 5.65. The zero-order valence-electron chi connectivity index (χ0n) is 6.59. The summed E-state index contributed by atoms with van der Waals surface area (Å²) in [5, 5.41) is 1.60. The smallest absolute Gasteiger partial charge is 0.0543 e. The number of halogens is 1. The van der Waals surface area contributed by atoms with Crippen LogP contribution in [0.15, 0.2) is 23.1 Å². The van der Waals surface area contributed by atoms with Crippen molar-refractivity contribution in [1.29, 1.82) is 0 Å². The molecule has 0 heterocycles. The molecular weight excluding hydrogens is 190 g/mol. The van der Waals surface area contributed by atoms with E-state index < -0.39 is 0 Å². The minimum atomic E-state index is 0.782. The van der Waals surface area contributed by atoms with Crippen LogP contribution in [0.2, 0.25) is 5.02 Å². The highest BCUT2D eigenvalue weighted by atomic mass is 35.5. The molecule has 0 bridgehead atoms. The average Bonchev–Trinajstić information content (AvgIpc) is 2.81. The molecule has 1 aliphatic rings. The first-order valence-electron chi connectivity index (χ1n) is 3.97. The molecule has 0 unspecified atom stereocenters. The summed E-state index contributed by atoms with van der Waals surface area (Å²) in [5.74, 6) is 0. The number of nitrogens with two attached hydrogens (primary N) is 1. The lowest BCUT2D eigenvalue weighted by atomic mass is 10.3. The quantitative estimate of drug-likeness (QED) is 0.741. The fourth-order valence-electron chi connectivity index (χ4n) is 0.976. The number of benzene rings is 1. The molecule has 0 amide bonds. The van der Waals surface area contributed by atoms with Crippen LogP contribution in [0.25, 0.3) is 0 Å². The topological polar surface area (TPSA) is 26.0 Å². The van der Waals surface area contributed by atoms with Crippen molar-refractivity contribution in [3.8, 4) is 0 Å². The summed E-state index contributed by atoms with van der Waals surface area (Å²) in [6.45, 7) is 0. The van der Waals surface area contributed by atoms with Gasteiger partial charge in [0.1, 0.15) is 0 Å². The molecule has 0 spiro atoms. The Balaban J connectivity index is 2.21. The summed E-state index contributed by atoms with van der Waals surface area (Å²) < 4.78 is 0. The normalized spacial score (nSPS) is 16.4. The number of nitrogen functional groups attached to an aromatic ring is 1. The first-order chi connectivity index (χ1) is 5.75. The molecule has 1 fully saturated rings. The summed E-state index contributed by atoms with van der Waals surface area (Å²) in [7, 11) is 0. The number of rotatable bonds is 2. The fourth-order valence-corrected chi connectivity index (χ4v) is 2.34. The minimum absolute atomic E-state index is 0.782. The van der Waals surface area contributed by atoms with E-state index in [2.05, 4.69) is 0 Å². The molecular formula is C9H10ClNS.